The molecule has 1 atom stereocenters. The van der Waals surface area contributed by atoms with E-state index in [1.807, 2.05) is 5.32 Å². The van der Waals surface area contributed by atoms with Gasteiger partial charge in [0.2, 0.25) is 15.2 Å². The van der Waals surface area contributed by atoms with Crippen molar-refractivity contribution in [2.24, 2.45) is 0 Å². The topological polar surface area (TPSA) is 121 Å². The van der Waals surface area contributed by atoms with Crippen LogP contribution in [0.1, 0.15) is 5.56 Å². The molecular weight excluding hydrogens is 274 g/mol. The molecule has 0 aliphatic carbocycles. The van der Waals surface area contributed by atoms with Gasteiger partial charge in [-0.2, -0.15) is 0 Å². The van der Waals surface area contributed by atoms with Gasteiger partial charge in [-0.25, -0.2) is 13.2 Å². The van der Waals surface area contributed by atoms with Gasteiger partial charge in [0.1, 0.15) is 0 Å². The third-order valence-electron chi connectivity index (χ3n) is 2.32. The van der Waals surface area contributed by atoms with Crippen LogP contribution in [0.5, 0.6) is 0 Å². The number of rotatable bonds is 6. The van der Waals surface area contributed by atoms with Crippen molar-refractivity contribution in [3.05, 3.63) is 29.8 Å². The maximum Gasteiger partial charge on any atom is 0.336 e. The molecule has 0 bridgehead atoms. The lowest BCUT2D eigenvalue weighted by Crippen LogP contribution is -2.45. The van der Waals surface area contributed by atoms with Crippen LogP contribution in [0.4, 0.5) is 0 Å². The summed E-state index contributed by atoms with van der Waals surface area (Å²) in [6, 6.07) is 5.62. The smallest absolute Gasteiger partial charge is 0.336 e. The summed E-state index contributed by atoms with van der Waals surface area (Å²) in [5.41, 5.74) is 0.823. The minimum atomic E-state index is -4.19. The highest BCUT2D eigenvalue weighted by molar-refractivity contribution is 7.92. The number of carboxylic acids is 2. The van der Waals surface area contributed by atoms with Gasteiger partial charge in [-0.15, -0.1) is 0 Å². The Morgan fingerprint density at radius 3 is 2.16 bits per heavy atom. The summed E-state index contributed by atoms with van der Waals surface area (Å²) in [6.45, 7) is 0.996. The van der Waals surface area contributed by atoms with Crippen molar-refractivity contribution in [2.75, 3.05) is 6.54 Å². The number of hydrogen-bond donors (Lipinski definition) is 3. The molecular formula is C11H13NO6S. The Balaban J connectivity index is 3.09. The first-order valence-corrected chi connectivity index (χ1v) is 6.78. The van der Waals surface area contributed by atoms with E-state index >= 15 is 0 Å². The average molecular weight is 287 g/mol. The molecule has 0 saturated carbocycles. The third-order valence-corrected chi connectivity index (χ3v) is 4.24. The van der Waals surface area contributed by atoms with Crippen LogP contribution in [0.3, 0.4) is 0 Å². The Morgan fingerprint density at radius 2 is 1.74 bits per heavy atom. The zero-order chi connectivity index (χ0) is 14.6. The fourth-order valence-electron chi connectivity index (χ4n) is 1.37. The molecule has 0 saturated heterocycles. The molecule has 0 amide bonds. The summed E-state index contributed by atoms with van der Waals surface area (Å²) in [5, 5.41) is 17.4. The van der Waals surface area contributed by atoms with Crippen LogP contribution in [0.15, 0.2) is 29.2 Å². The molecule has 0 radical (unpaired) electrons. The average Bonchev–Trinajstić information content (AvgIpc) is 2.28. The lowest BCUT2D eigenvalue weighted by atomic mass is 10.2. The van der Waals surface area contributed by atoms with Crippen LogP contribution >= 0.6 is 0 Å². The largest absolute Gasteiger partial charge is 0.480 e. The highest BCUT2D eigenvalue weighted by atomic mass is 32.2. The van der Waals surface area contributed by atoms with E-state index in [0.717, 1.165) is 5.56 Å². The minimum absolute atomic E-state index is 0.177. The summed E-state index contributed by atoms with van der Waals surface area (Å²) in [7, 11) is -4.19. The van der Waals surface area contributed by atoms with Gasteiger partial charge in [-0.1, -0.05) is 17.7 Å². The summed E-state index contributed by atoms with van der Waals surface area (Å²) in [4.78, 5) is 21.2. The van der Waals surface area contributed by atoms with Gasteiger partial charge in [0, 0.05) is 0 Å². The molecule has 0 fully saturated rings. The zero-order valence-electron chi connectivity index (χ0n) is 10.0. The maximum atomic E-state index is 12.1. The summed E-state index contributed by atoms with van der Waals surface area (Å²) < 4.78 is 24.1. The molecule has 1 aromatic rings. The number of nitrogens with one attached hydrogen (secondary N) is 1. The Kier molecular flexibility index (Phi) is 4.62. The van der Waals surface area contributed by atoms with E-state index < -0.39 is 33.7 Å². The van der Waals surface area contributed by atoms with Crippen LogP contribution in [0, 0.1) is 6.92 Å². The Hall–Kier alpha value is -1.93. The molecule has 19 heavy (non-hydrogen) atoms. The molecule has 1 aromatic carbocycles. The number of hydrogen-bond acceptors (Lipinski definition) is 5. The molecule has 7 nitrogen and oxygen atoms in total. The van der Waals surface area contributed by atoms with Gasteiger partial charge >= 0.3 is 11.9 Å². The van der Waals surface area contributed by atoms with E-state index in [9.17, 15) is 18.0 Å². The van der Waals surface area contributed by atoms with Crippen LogP contribution in [-0.2, 0) is 19.4 Å². The van der Waals surface area contributed by atoms with Crippen molar-refractivity contribution >= 4 is 21.8 Å². The standard InChI is InChI=1S/C11H13NO6S/c1-7-2-4-8(5-3-7)19(17,18)10(11(15)16)12-6-9(13)14/h2-5,10,12H,6H2,1H3,(H,13,14)(H,15,16). The summed E-state index contributed by atoms with van der Waals surface area (Å²) in [5.74, 6) is -2.99. The predicted molar refractivity (Wildman–Crippen MR) is 65.4 cm³/mol. The van der Waals surface area contributed by atoms with Crippen molar-refractivity contribution in [1.29, 1.82) is 0 Å². The van der Waals surface area contributed by atoms with Crippen molar-refractivity contribution in [3.8, 4) is 0 Å². The lowest BCUT2D eigenvalue weighted by Gasteiger charge is -2.14. The molecule has 0 aromatic heterocycles. The molecule has 104 valence electrons. The van der Waals surface area contributed by atoms with Crippen LogP contribution in [-0.4, -0.2) is 42.5 Å². The van der Waals surface area contributed by atoms with Gasteiger partial charge < -0.3 is 10.2 Å². The van der Waals surface area contributed by atoms with Crippen molar-refractivity contribution in [1.82, 2.24) is 5.32 Å². The first-order chi connectivity index (χ1) is 8.75. The summed E-state index contributed by atoms with van der Waals surface area (Å²) >= 11 is 0. The Morgan fingerprint density at radius 1 is 1.21 bits per heavy atom. The zero-order valence-corrected chi connectivity index (χ0v) is 10.8. The van der Waals surface area contributed by atoms with Crippen molar-refractivity contribution in [3.63, 3.8) is 0 Å². The van der Waals surface area contributed by atoms with Crippen LogP contribution < -0.4 is 5.32 Å². The van der Waals surface area contributed by atoms with E-state index in [4.69, 9.17) is 10.2 Å². The lowest BCUT2D eigenvalue weighted by molar-refractivity contribution is -0.138. The third kappa shape index (κ3) is 3.76. The molecule has 1 rings (SSSR count). The van der Waals surface area contributed by atoms with Crippen molar-refractivity contribution in [2.45, 2.75) is 17.2 Å². The predicted octanol–water partition coefficient (Wildman–Crippen LogP) is -0.146. The molecule has 0 heterocycles. The van der Waals surface area contributed by atoms with Gasteiger partial charge in [0.15, 0.2) is 0 Å². The van der Waals surface area contributed by atoms with E-state index in [1.54, 1.807) is 6.92 Å². The number of aliphatic carboxylic acids is 2. The molecule has 0 aliphatic heterocycles. The first kappa shape index (κ1) is 15.1. The highest BCUT2D eigenvalue weighted by Crippen LogP contribution is 2.15. The molecule has 1 unspecified atom stereocenters. The molecule has 8 heteroatoms. The maximum absolute atomic E-state index is 12.1. The molecule has 3 N–H and O–H groups in total. The normalized spacial score (nSPS) is 12.9. The van der Waals surface area contributed by atoms with Crippen LogP contribution in [0.25, 0.3) is 0 Å². The SMILES string of the molecule is Cc1ccc(S(=O)(=O)C(NCC(=O)O)C(=O)O)cc1. The second kappa shape index (κ2) is 5.81. The molecule has 0 aliphatic rings. The van der Waals surface area contributed by atoms with E-state index in [2.05, 4.69) is 0 Å². The van der Waals surface area contributed by atoms with E-state index in [1.165, 1.54) is 24.3 Å². The van der Waals surface area contributed by atoms with Gasteiger partial charge in [-0.05, 0) is 19.1 Å². The number of benzene rings is 1. The minimum Gasteiger partial charge on any atom is -0.480 e. The van der Waals surface area contributed by atoms with E-state index in [0.29, 0.717) is 0 Å². The van der Waals surface area contributed by atoms with Crippen LogP contribution in [0.2, 0.25) is 0 Å². The first-order valence-electron chi connectivity index (χ1n) is 5.23. The second-order valence-corrected chi connectivity index (χ2v) is 5.88. The van der Waals surface area contributed by atoms with Gasteiger partial charge in [0.25, 0.3) is 0 Å². The van der Waals surface area contributed by atoms with Gasteiger partial charge in [0.05, 0.1) is 11.4 Å². The number of aryl methyl sites for hydroxylation is 1. The quantitative estimate of drug-likeness (QED) is 0.665. The molecule has 0 spiro atoms. The second-order valence-electron chi connectivity index (χ2n) is 3.85. The summed E-state index contributed by atoms with van der Waals surface area (Å²) in [6.07, 6.45) is 0. The highest BCUT2D eigenvalue weighted by Gasteiger charge is 2.34. The Labute approximate surface area is 109 Å². The number of sulfone groups is 1. The van der Waals surface area contributed by atoms with E-state index in [-0.39, 0.29) is 4.90 Å². The fraction of sp³-hybridized carbons (Fsp3) is 0.273. The number of carboxylic acid groups (broad SMARTS) is 2. The number of carbonyl (C=O) groups is 2. The monoisotopic (exact) mass is 287 g/mol. The van der Waals surface area contributed by atoms with Gasteiger partial charge in [-0.3, -0.25) is 10.1 Å². The fourth-order valence-corrected chi connectivity index (χ4v) is 2.73. The van der Waals surface area contributed by atoms with Crippen molar-refractivity contribution < 1.29 is 28.2 Å². The Bertz CT molecular complexity index is 578.